The molecule has 2 nitrogen and oxygen atoms in total. The molecule has 0 radical (unpaired) electrons. The van der Waals surface area contributed by atoms with Crippen molar-refractivity contribution in [3.05, 3.63) is 0 Å². The van der Waals surface area contributed by atoms with Crippen LogP contribution in [0.3, 0.4) is 0 Å². The van der Waals surface area contributed by atoms with Gasteiger partial charge in [0.05, 0.1) is 0 Å². The molecule has 4 heteroatoms. The van der Waals surface area contributed by atoms with Crippen LogP contribution in [0.2, 0.25) is 6.04 Å². The van der Waals surface area contributed by atoms with E-state index in [1.165, 1.54) is 0 Å². The van der Waals surface area contributed by atoms with Gasteiger partial charge in [0.15, 0.2) is 0 Å². The average Bonchev–Trinajstić information content (AvgIpc) is 1.35. The van der Waals surface area contributed by atoms with Gasteiger partial charge in [0, 0.05) is 16.7 Å². The maximum absolute atomic E-state index is 9.62. The molecule has 0 unspecified atom stereocenters. The second-order valence-corrected chi connectivity index (χ2v) is 2.14. The molecule has 0 saturated heterocycles. The molecular formula is C3H9NaO2Si. The first-order valence-corrected chi connectivity index (χ1v) is 3.40. The van der Waals surface area contributed by atoms with Gasteiger partial charge in [0.25, 0.3) is 0 Å². The van der Waals surface area contributed by atoms with E-state index < -0.39 is 5.97 Å². The van der Waals surface area contributed by atoms with Gasteiger partial charge in [-0.05, 0) is 0 Å². The molecule has 0 rings (SSSR count). The van der Waals surface area contributed by atoms with Crippen LogP contribution in [-0.2, 0) is 4.79 Å². The Kier molecular flexibility index (Phi) is 10.2. The molecule has 1 N–H and O–H groups in total. The van der Waals surface area contributed by atoms with Gasteiger partial charge >= 0.3 is 35.5 Å². The van der Waals surface area contributed by atoms with Crippen LogP contribution >= 0.6 is 0 Å². The molecule has 0 aromatic rings. The van der Waals surface area contributed by atoms with E-state index in [1.54, 1.807) is 0 Å². The van der Waals surface area contributed by atoms with Crippen LogP contribution in [0, 0.1) is 0 Å². The third-order valence-electron chi connectivity index (χ3n) is 0.464. The van der Waals surface area contributed by atoms with Gasteiger partial charge < -0.3 is 5.11 Å². The fourth-order valence-corrected chi connectivity index (χ4v) is 0.642. The molecule has 0 aliphatic rings. The molecule has 38 valence electrons. The van der Waals surface area contributed by atoms with Gasteiger partial charge in [-0.2, -0.15) is 0 Å². The van der Waals surface area contributed by atoms with Crippen molar-refractivity contribution in [3.8, 4) is 0 Å². The Bertz CT molecular complexity index is 56.9. The number of carboxylic acid groups (broad SMARTS) is 1. The van der Waals surface area contributed by atoms with Crippen LogP contribution in [-0.4, -0.2) is 50.9 Å². The van der Waals surface area contributed by atoms with E-state index in [1.807, 2.05) is 0 Å². The molecule has 0 aliphatic carbocycles. The molecule has 0 bridgehead atoms. The minimum absolute atomic E-state index is 0. The van der Waals surface area contributed by atoms with E-state index in [9.17, 15) is 4.79 Å². The van der Waals surface area contributed by atoms with Crippen LogP contribution in [0.5, 0.6) is 0 Å². The molecule has 0 aromatic heterocycles. The predicted molar refractivity (Wildman–Crippen MR) is 34.1 cm³/mol. The number of hydrogen-bond donors (Lipinski definition) is 1. The normalized spacial score (nSPS) is 7.43. The molecule has 0 saturated carbocycles. The van der Waals surface area contributed by atoms with Crippen molar-refractivity contribution in [1.82, 2.24) is 0 Å². The van der Waals surface area contributed by atoms with E-state index in [4.69, 9.17) is 5.11 Å². The van der Waals surface area contributed by atoms with Gasteiger partial charge in [-0.15, -0.1) is 0 Å². The Labute approximate surface area is 68.0 Å². The zero-order chi connectivity index (χ0) is 4.99. The standard InChI is InChI=1S/C3H8O2Si.Na.H/c4-3(5)1-2-6;;/h1-2H2,6H3,(H,4,5);;. The Morgan fingerprint density at radius 3 is 2.14 bits per heavy atom. The van der Waals surface area contributed by atoms with Crippen LogP contribution in [0.1, 0.15) is 6.42 Å². The maximum atomic E-state index is 9.62. The molecule has 0 aromatic carbocycles. The summed E-state index contributed by atoms with van der Waals surface area (Å²) in [5.74, 6) is -0.676. The quantitative estimate of drug-likeness (QED) is 0.464. The topological polar surface area (TPSA) is 37.3 Å². The SMILES string of the molecule is O=C(O)CC[SiH3].[NaH]. The third-order valence-corrected chi connectivity index (χ3v) is 0.964. The summed E-state index contributed by atoms with van der Waals surface area (Å²) in [7, 11) is 1.01. The molecule has 0 heterocycles. The summed E-state index contributed by atoms with van der Waals surface area (Å²) in [5, 5.41) is 7.94. The van der Waals surface area contributed by atoms with Gasteiger partial charge in [0.2, 0.25) is 0 Å². The van der Waals surface area contributed by atoms with Gasteiger partial charge in [-0.25, -0.2) is 0 Å². The van der Waals surface area contributed by atoms with Gasteiger partial charge in [-0.1, -0.05) is 6.04 Å². The van der Waals surface area contributed by atoms with E-state index in [-0.39, 0.29) is 29.6 Å². The van der Waals surface area contributed by atoms with Crippen LogP contribution < -0.4 is 0 Å². The van der Waals surface area contributed by atoms with Crippen molar-refractivity contribution in [2.24, 2.45) is 0 Å². The molecular weight excluding hydrogens is 119 g/mol. The van der Waals surface area contributed by atoms with E-state index in [0.717, 1.165) is 16.3 Å². The first-order valence-electron chi connectivity index (χ1n) is 1.99. The van der Waals surface area contributed by atoms with Crippen LogP contribution in [0.25, 0.3) is 0 Å². The fraction of sp³-hybridized carbons (Fsp3) is 0.667. The summed E-state index contributed by atoms with van der Waals surface area (Å²) in [6, 6.07) is 0.870. The van der Waals surface area contributed by atoms with Crippen LogP contribution in [0.4, 0.5) is 0 Å². The molecule has 0 fully saturated rings. The summed E-state index contributed by atoms with van der Waals surface area (Å²) in [6.07, 6.45) is 0.353. The van der Waals surface area contributed by atoms with Crippen molar-refractivity contribution in [2.75, 3.05) is 0 Å². The van der Waals surface area contributed by atoms with Gasteiger partial charge in [0.1, 0.15) is 0 Å². The van der Waals surface area contributed by atoms with Crippen LogP contribution in [0.15, 0.2) is 0 Å². The summed E-state index contributed by atoms with van der Waals surface area (Å²) >= 11 is 0. The Balaban J connectivity index is 0. The molecule has 7 heavy (non-hydrogen) atoms. The second-order valence-electron chi connectivity index (χ2n) is 1.14. The number of aliphatic carboxylic acids is 1. The van der Waals surface area contributed by atoms with Crippen molar-refractivity contribution < 1.29 is 9.90 Å². The first-order chi connectivity index (χ1) is 2.77. The average molecular weight is 128 g/mol. The number of carbonyl (C=O) groups is 1. The second kappa shape index (κ2) is 6.69. The van der Waals surface area contributed by atoms with Crippen molar-refractivity contribution in [3.63, 3.8) is 0 Å². The predicted octanol–water partition coefficient (Wildman–Crippen LogP) is -1.40. The van der Waals surface area contributed by atoms with Crippen molar-refractivity contribution >= 4 is 45.8 Å². The Hall–Kier alpha value is 0.687. The van der Waals surface area contributed by atoms with Crippen molar-refractivity contribution in [1.29, 1.82) is 0 Å². The molecule has 0 atom stereocenters. The number of hydrogen-bond acceptors (Lipinski definition) is 1. The third kappa shape index (κ3) is 10.8. The molecule has 0 amide bonds. The summed E-state index contributed by atoms with van der Waals surface area (Å²) in [4.78, 5) is 9.62. The Morgan fingerprint density at radius 2 is 2.14 bits per heavy atom. The van der Waals surface area contributed by atoms with Gasteiger partial charge in [-0.3, -0.25) is 4.79 Å². The zero-order valence-corrected chi connectivity index (χ0v) is 5.77. The summed E-state index contributed by atoms with van der Waals surface area (Å²) < 4.78 is 0. The monoisotopic (exact) mass is 128 g/mol. The number of carboxylic acids is 1. The van der Waals surface area contributed by atoms with E-state index in [0.29, 0.717) is 6.42 Å². The van der Waals surface area contributed by atoms with E-state index in [2.05, 4.69) is 0 Å². The van der Waals surface area contributed by atoms with Crippen molar-refractivity contribution in [2.45, 2.75) is 12.5 Å². The first kappa shape index (κ1) is 10.6. The summed E-state index contributed by atoms with van der Waals surface area (Å²) in [6.45, 7) is 0. The number of rotatable bonds is 2. The molecule has 0 aliphatic heterocycles. The minimum atomic E-state index is -0.676. The fourth-order valence-electron chi connectivity index (χ4n) is 0.214. The zero-order valence-electron chi connectivity index (χ0n) is 3.77. The summed E-state index contributed by atoms with van der Waals surface area (Å²) in [5.41, 5.74) is 0. The Morgan fingerprint density at radius 1 is 1.71 bits per heavy atom. The molecule has 0 spiro atoms. The van der Waals surface area contributed by atoms with E-state index >= 15 is 0 Å².